The topological polar surface area (TPSA) is 70.6 Å². The van der Waals surface area contributed by atoms with Gasteiger partial charge in [0.2, 0.25) is 0 Å². The normalized spacial score (nSPS) is 18.9. The van der Waals surface area contributed by atoms with Crippen LogP contribution in [0.25, 0.3) is 0 Å². The number of alkyl carbamates (subject to hydrolysis) is 1. The fourth-order valence-electron chi connectivity index (χ4n) is 3.86. The SMILES string of the molecule is C[C@@H](NC[C@@H](O)[C@H](Cc1ccccc1)NC(=O)OC(C)(C)C)C1CCCCC1. The van der Waals surface area contributed by atoms with Crippen LogP contribution in [-0.2, 0) is 11.2 Å². The van der Waals surface area contributed by atoms with Crippen LogP contribution in [0.2, 0.25) is 0 Å². The van der Waals surface area contributed by atoms with Gasteiger partial charge in [-0.1, -0.05) is 49.6 Å². The van der Waals surface area contributed by atoms with Crippen molar-refractivity contribution in [3.63, 3.8) is 0 Å². The van der Waals surface area contributed by atoms with E-state index in [1.54, 1.807) is 0 Å². The van der Waals surface area contributed by atoms with Gasteiger partial charge >= 0.3 is 6.09 Å². The Morgan fingerprint density at radius 1 is 1.18 bits per heavy atom. The highest BCUT2D eigenvalue weighted by atomic mass is 16.6. The minimum Gasteiger partial charge on any atom is -0.444 e. The predicted octanol–water partition coefficient (Wildman–Crippen LogP) is 4.04. The lowest BCUT2D eigenvalue weighted by Gasteiger charge is -2.31. The first kappa shape index (κ1) is 22.7. The Kier molecular flexibility index (Phi) is 8.77. The number of aliphatic hydroxyl groups excluding tert-OH is 1. The van der Waals surface area contributed by atoms with Gasteiger partial charge in [-0.15, -0.1) is 0 Å². The molecule has 1 aliphatic rings. The third-order valence-electron chi connectivity index (χ3n) is 5.47. The van der Waals surface area contributed by atoms with Gasteiger partial charge in [-0.2, -0.15) is 0 Å². The highest BCUT2D eigenvalue weighted by molar-refractivity contribution is 5.68. The zero-order valence-electron chi connectivity index (χ0n) is 17.9. The molecule has 0 spiro atoms. The Bertz CT molecular complexity index is 579. The Hall–Kier alpha value is -1.59. The molecule has 158 valence electrons. The molecule has 1 aliphatic carbocycles. The molecule has 0 aromatic heterocycles. The van der Waals surface area contributed by atoms with Crippen molar-refractivity contribution in [2.24, 2.45) is 5.92 Å². The summed E-state index contributed by atoms with van der Waals surface area (Å²) in [6.07, 6.45) is 5.82. The van der Waals surface area contributed by atoms with Gasteiger partial charge in [0, 0.05) is 12.6 Å². The van der Waals surface area contributed by atoms with Gasteiger partial charge in [0.25, 0.3) is 0 Å². The van der Waals surface area contributed by atoms with Gasteiger partial charge in [-0.25, -0.2) is 4.79 Å². The summed E-state index contributed by atoms with van der Waals surface area (Å²) in [5, 5.41) is 17.2. The molecule has 5 nitrogen and oxygen atoms in total. The molecule has 28 heavy (non-hydrogen) atoms. The monoisotopic (exact) mass is 390 g/mol. The number of benzene rings is 1. The number of rotatable bonds is 8. The van der Waals surface area contributed by atoms with E-state index in [0.717, 1.165) is 5.56 Å². The van der Waals surface area contributed by atoms with Crippen molar-refractivity contribution >= 4 is 6.09 Å². The van der Waals surface area contributed by atoms with E-state index >= 15 is 0 Å². The lowest BCUT2D eigenvalue weighted by molar-refractivity contribution is 0.0417. The van der Waals surface area contributed by atoms with Gasteiger partial charge in [-0.05, 0) is 58.4 Å². The van der Waals surface area contributed by atoms with E-state index in [2.05, 4.69) is 17.6 Å². The minimum absolute atomic E-state index is 0.369. The van der Waals surface area contributed by atoms with Crippen molar-refractivity contribution < 1.29 is 14.6 Å². The second-order valence-corrected chi connectivity index (χ2v) is 9.10. The fraction of sp³-hybridized carbons (Fsp3) is 0.696. The fourth-order valence-corrected chi connectivity index (χ4v) is 3.86. The summed E-state index contributed by atoms with van der Waals surface area (Å²) >= 11 is 0. The van der Waals surface area contributed by atoms with Crippen LogP contribution in [0.3, 0.4) is 0 Å². The maximum atomic E-state index is 12.3. The summed E-state index contributed by atoms with van der Waals surface area (Å²) in [7, 11) is 0. The van der Waals surface area contributed by atoms with Crippen LogP contribution >= 0.6 is 0 Å². The molecule has 1 saturated carbocycles. The van der Waals surface area contributed by atoms with Crippen molar-refractivity contribution in [2.45, 2.75) is 90.0 Å². The van der Waals surface area contributed by atoms with Crippen LogP contribution in [0.5, 0.6) is 0 Å². The Balaban J connectivity index is 1.94. The van der Waals surface area contributed by atoms with Crippen LogP contribution in [-0.4, -0.2) is 41.5 Å². The Labute approximate surface area is 170 Å². The maximum Gasteiger partial charge on any atom is 0.407 e. The zero-order chi connectivity index (χ0) is 20.6. The third-order valence-corrected chi connectivity index (χ3v) is 5.47. The van der Waals surface area contributed by atoms with E-state index < -0.39 is 23.8 Å². The minimum atomic E-state index is -0.696. The van der Waals surface area contributed by atoms with Gasteiger partial charge < -0.3 is 20.5 Å². The lowest BCUT2D eigenvalue weighted by Crippen LogP contribution is -2.51. The average Bonchev–Trinajstić information content (AvgIpc) is 2.65. The van der Waals surface area contributed by atoms with Crippen molar-refractivity contribution in [1.82, 2.24) is 10.6 Å². The molecule has 1 fully saturated rings. The second kappa shape index (κ2) is 10.8. The zero-order valence-corrected chi connectivity index (χ0v) is 17.9. The molecule has 0 saturated heterocycles. The summed E-state index contributed by atoms with van der Waals surface area (Å²) in [6.45, 7) is 8.16. The van der Waals surface area contributed by atoms with Gasteiger partial charge in [-0.3, -0.25) is 0 Å². The van der Waals surface area contributed by atoms with Crippen molar-refractivity contribution in [2.75, 3.05) is 6.54 Å². The predicted molar refractivity (Wildman–Crippen MR) is 113 cm³/mol. The molecule has 3 atom stereocenters. The number of nitrogens with one attached hydrogen (secondary N) is 2. The Morgan fingerprint density at radius 3 is 2.43 bits per heavy atom. The molecule has 5 heteroatoms. The smallest absolute Gasteiger partial charge is 0.407 e. The molecule has 0 radical (unpaired) electrons. The van der Waals surface area contributed by atoms with E-state index in [-0.39, 0.29) is 0 Å². The van der Waals surface area contributed by atoms with E-state index in [9.17, 15) is 9.90 Å². The molecule has 0 unspecified atom stereocenters. The quantitative estimate of drug-likeness (QED) is 0.626. The lowest BCUT2D eigenvalue weighted by atomic mass is 9.84. The van der Waals surface area contributed by atoms with Gasteiger partial charge in [0.15, 0.2) is 0 Å². The number of ether oxygens (including phenoxy) is 1. The van der Waals surface area contributed by atoms with Crippen molar-refractivity contribution in [3.8, 4) is 0 Å². The second-order valence-electron chi connectivity index (χ2n) is 9.10. The summed E-state index contributed by atoms with van der Waals surface area (Å²) in [5.74, 6) is 0.673. The first-order valence-electron chi connectivity index (χ1n) is 10.7. The number of hydrogen-bond donors (Lipinski definition) is 3. The summed E-state index contributed by atoms with van der Waals surface area (Å²) < 4.78 is 5.40. The van der Waals surface area contributed by atoms with Crippen LogP contribution in [0.4, 0.5) is 4.79 Å². The van der Waals surface area contributed by atoms with Crippen LogP contribution < -0.4 is 10.6 Å². The van der Waals surface area contributed by atoms with E-state index in [4.69, 9.17) is 4.74 Å². The molecule has 1 amide bonds. The standard InChI is InChI=1S/C23H38N2O3/c1-17(19-13-9-6-10-14-19)24-16-21(26)20(15-18-11-7-5-8-12-18)25-22(27)28-23(2,3)4/h5,7-8,11-12,17,19-21,24,26H,6,9-10,13-16H2,1-4H3,(H,25,27)/t17-,20+,21-/m1/s1. The molecule has 3 N–H and O–H groups in total. The van der Waals surface area contributed by atoms with Gasteiger partial charge in [0.05, 0.1) is 12.1 Å². The average molecular weight is 391 g/mol. The molecule has 0 heterocycles. The molecular weight excluding hydrogens is 352 g/mol. The first-order valence-corrected chi connectivity index (χ1v) is 10.7. The summed E-state index contributed by atoms with van der Waals surface area (Å²) in [4.78, 5) is 12.3. The van der Waals surface area contributed by atoms with E-state index in [0.29, 0.717) is 24.9 Å². The number of carbonyl (C=O) groups is 1. The van der Waals surface area contributed by atoms with Crippen LogP contribution in [0, 0.1) is 5.92 Å². The van der Waals surface area contributed by atoms with Gasteiger partial charge in [0.1, 0.15) is 5.60 Å². The van der Waals surface area contributed by atoms with Crippen molar-refractivity contribution in [1.29, 1.82) is 0 Å². The summed E-state index contributed by atoms with van der Waals surface area (Å²) in [6, 6.07) is 9.87. The maximum absolute atomic E-state index is 12.3. The molecule has 2 rings (SSSR count). The number of amides is 1. The number of aliphatic hydroxyl groups is 1. The highest BCUT2D eigenvalue weighted by Gasteiger charge is 2.26. The molecule has 0 bridgehead atoms. The molecule has 1 aromatic carbocycles. The van der Waals surface area contributed by atoms with Crippen molar-refractivity contribution in [3.05, 3.63) is 35.9 Å². The number of hydrogen-bond acceptors (Lipinski definition) is 4. The number of carbonyl (C=O) groups excluding carboxylic acids is 1. The highest BCUT2D eigenvalue weighted by Crippen LogP contribution is 2.26. The summed E-state index contributed by atoms with van der Waals surface area (Å²) in [5.41, 5.74) is 0.503. The molecule has 0 aliphatic heterocycles. The third kappa shape index (κ3) is 8.19. The molecular formula is C23H38N2O3. The Morgan fingerprint density at radius 2 is 1.82 bits per heavy atom. The first-order chi connectivity index (χ1) is 13.2. The largest absolute Gasteiger partial charge is 0.444 e. The van der Waals surface area contributed by atoms with Crippen LogP contribution in [0.15, 0.2) is 30.3 Å². The molecule has 1 aromatic rings. The van der Waals surface area contributed by atoms with E-state index in [1.807, 2.05) is 51.1 Å². The van der Waals surface area contributed by atoms with E-state index in [1.165, 1.54) is 32.1 Å². The van der Waals surface area contributed by atoms with Crippen LogP contribution in [0.1, 0.15) is 65.4 Å².